The molecule has 0 aliphatic carbocycles. The highest BCUT2D eigenvalue weighted by Crippen LogP contribution is 2.12. The van der Waals surface area contributed by atoms with Gasteiger partial charge in [-0.1, -0.05) is 0 Å². The monoisotopic (exact) mass is 298 g/mol. The number of nitrogens with zero attached hydrogens (tertiary/aromatic N) is 1. The number of thiol groups is 1. The lowest BCUT2D eigenvalue weighted by Gasteiger charge is -2.12. The van der Waals surface area contributed by atoms with E-state index in [-0.39, 0.29) is 29.9 Å². The summed E-state index contributed by atoms with van der Waals surface area (Å²) in [5, 5.41) is 12.6. The second kappa shape index (κ2) is 7.49. The fraction of sp³-hybridized carbons (Fsp3) is 0.333. The molecule has 0 saturated carbocycles. The third-order valence-electron chi connectivity index (χ3n) is 2.36. The van der Waals surface area contributed by atoms with Crippen molar-refractivity contribution >= 4 is 29.5 Å². The fourth-order valence-corrected chi connectivity index (χ4v) is 1.69. The quantitative estimate of drug-likeness (QED) is 0.476. The Hall–Kier alpha value is -2.09. The molecule has 0 aliphatic heterocycles. The first-order valence-electron chi connectivity index (χ1n) is 5.77. The average molecular weight is 298 g/mol. The number of alkyl carbamates (subject to hydrolysis) is 1. The summed E-state index contributed by atoms with van der Waals surface area (Å²) in [4.78, 5) is 32.1. The van der Waals surface area contributed by atoms with Crippen LogP contribution in [0.4, 0.5) is 10.5 Å². The molecule has 108 valence electrons. The Morgan fingerprint density at radius 1 is 1.40 bits per heavy atom. The summed E-state index contributed by atoms with van der Waals surface area (Å²) in [5.41, 5.74) is 0.600. The number of nitro benzene ring substituents is 1. The van der Waals surface area contributed by atoms with Gasteiger partial charge < -0.3 is 10.1 Å². The summed E-state index contributed by atoms with van der Waals surface area (Å²) < 4.78 is 4.92. The number of benzene rings is 1. The molecule has 1 unspecified atom stereocenters. The highest BCUT2D eigenvalue weighted by molar-refractivity contribution is 7.96. The van der Waals surface area contributed by atoms with Crippen LogP contribution in [-0.4, -0.2) is 22.2 Å². The van der Waals surface area contributed by atoms with E-state index in [2.05, 4.69) is 17.9 Å². The van der Waals surface area contributed by atoms with E-state index in [1.54, 1.807) is 6.92 Å². The van der Waals surface area contributed by atoms with Gasteiger partial charge in [-0.2, -0.15) is 0 Å². The van der Waals surface area contributed by atoms with Crippen LogP contribution in [0.25, 0.3) is 0 Å². The van der Waals surface area contributed by atoms with E-state index in [0.29, 0.717) is 5.56 Å². The molecule has 0 bridgehead atoms. The fourth-order valence-electron chi connectivity index (χ4n) is 1.42. The van der Waals surface area contributed by atoms with Gasteiger partial charge >= 0.3 is 6.09 Å². The molecule has 0 saturated heterocycles. The zero-order chi connectivity index (χ0) is 15.1. The second-order valence-electron chi connectivity index (χ2n) is 4.14. The number of ether oxygens (including phenoxy) is 1. The van der Waals surface area contributed by atoms with Crippen LogP contribution < -0.4 is 5.32 Å². The van der Waals surface area contributed by atoms with Gasteiger partial charge in [0, 0.05) is 24.6 Å². The van der Waals surface area contributed by atoms with Gasteiger partial charge in [-0.05, 0) is 24.6 Å². The molecule has 1 atom stereocenters. The van der Waals surface area contributed by atoms with Gasteiger partial charge in [-0.25, -0.2) is 4.79 Å². The molecule has 7 nitrogen and oxygen atoms in total. The van der Waals surface area contributed by atoms with Crippen molar-refractivity contribution in [3.8, 4) is 0 Å². The Morgan fingerprint density at radius 2 is 2.00 bits per heavy atom. The molecular formula is C12H14N2O5S. The third kappa shape index (κ3) is 5.70. The van der Waals surface area contributed by atoms with Crippen molar-refractivity contribution in [2.24, 2.45) is 0 Å². The molecular weight excluding hydrogens is 284 g/mol. The van der Waals surface area contributed by atoms with Crippen LogP contribution in [0.5, 0.6) is 0 Å². The number of rotatable bonds is 6. The molecule has 0 radical (unpaired) electrons. The summed E-state index contributed by atoms with van der Waals surface area (Å²) in [6.45, 7) is 1.65. The standard InChI is InChI=1S/C12H14N2O5S/c1-8(6-11(15)20)13-12(16)19-7-9-2-4-10(5-3-9)14(17)18/h2-5,8H,6-7H2,1H3,(H,13,16)(H,15,20). The molecule has 0 spiro atoms. The lowest BCUT2D eigenvalue weighted by molar-refractivity contribution is -0.384. The maximum atomic E-state index is 11.4. The first-order chi connectivity index (χ1) is 9.38. The van der Waals surface area contributed by atoms with E-state index in [0.717, 1.165) is 0 Å². The summed E-state index contributed by atoms with van der Waals surface area (Å²) in [6, 6.07) is 5.31. The van der Waals surface area contributed by atoms with E-state index in [1.165, 1.54) is 24.3 Å². The van der Waals surface area contributed by atoms with E-state index in [4.69, 9.17) is 4.74 Å². The molecule has 1 rings (SSSR count). The molecule has 20 heavy (non-hydrogen) atoms. The van der Waals surface area contributed by atoms with Gasteiger partial charge in [0.2, 0.25) is 0 Å². The minimum absolute atomic E-state index is 0.00856. The zero-order valence-electron chi connectivity index (χ0n) is 10.7. The maximum Gasteiger partial charge on any atom is 0.407 e. The van der Waals surface area contributed by atoms with Crippen LogP contribution in [0, 0.1) is 10.1 Å². The SMILES string of the molecule is CC(CC(=O)S)NC(=O)OCc1ccc([N+](=O)[O-])cc1. The molecule has 8 heteroatoms. The van der Waals surface area contributed by atoms with Crippen LogP contribution in [0.15, 0.2) is 24.3 Å². The smallest absolute Gasteiger partial charge is 0.407 e. The number of carbonyl (C=O) groups is 2. The largest absolute Gasteiger partial charge is 0.445 e. The van der Waals surface area contributed by atoms with E-state index in [9.17, 15) is 19.7 Å². The van der Waals surface area contributed by atoms with Crippen molar-refractivity contribution in [1.82, 2.24) is 5.32 Å². The Labute approximate surface area is 120 Å². The first-order valence-corrected chi connectivity index (χ1v) is 6.21. The number of nitro groups is 1. The zero-order valence-corrected chi connectivity index (χ0v) is 11.6. The summed E-state index contributed by atoms with van der Waals surface area (Å²) in [5.74, 6) is 0. The molecule has 1 amide bonds. The van der Waals surface area contributed by atoms with Crippen LogP contribution in [0.2, 0.25) is 0 Å². The number of carbonyl (C=O) groups excluding carboxylic acids is 2. The van der Waals surface area contributed by atoms with Crippen LogP contribution in [0.3, 0.4) is 0 Å². The Kier molecular flexibility index (Phi) is 5.98. The second-order valence-corrected chi connectivity index (χ2v) is 4.64. The average Bonchev–Trinajstić information content (AvgIpc) is 2.35. The maximum absolute atomic E-state index is 11.4. The highest BCUT2D eigenvalue weighted by atomic mass is 32.1. The first kappa shape index (κ1) is 16.0. The minimum Gasteiger partial charge on any atom is -0.445 e. The van der Waals surface area contributed by atoms with Crippen molar-refractivity contribution in [3.63, 3.8) is 0 Å². The number of hydrogen-bond donors (Lipinski definition) is 2. The van der Waals surface area contributed by atoms with Gasteiger partial charge in [-0.3, -0.25) is 14.9 Å². The highest BCUT2D eigenvalue weighted by Gasteiger charge is 2.11. The number of nitrogens with one attached hydrogen (secondary N) is 1. The Balaban J connectivity index is 2.40. The molecule has 1 aromatic rings. The number of hydrogen-bond acceptors (Lipinski definition) is 5. The molecule has 1 N–H and O–H groups in total. The van der Waals surface area contributed by atoms with Gasteiger partial charge in [-0.15, -0.1) is 12.6 Å². The molecule has 1 aromatic carbocycles. The Bertz CT molecular complexity index is 503. The van der Waals surface area contributed by atoms with Crippen LogP contribution >= 0.6 is 12.6 Å². The van der Waals surface area contributed by atoms with E-state index in [1.807, 2.05) is 0 Å². The van der Waals surface area contributed by atoms with Gasteiger partial charge in [0.1, 0.15) is 6.61 Å². The Morgan fingerprint density at radius 3 is 2.50 bits per heavy atom. The topological polar surface area (TPSA) is 98.5 Å². The van der Waals surface area contributed by atoms with Crippen molar-refractivity contribution in [2.75, 3.05) is 0 Å². The lowest BCUT2D eigenvalue weighted by atomic mass is 10.2. The van der Waals surface area contributed by atoms with Crippen LogP contribution in [0.1, 0.15) is 18.9 Å². The summed E-state index contributed by atoms with van der Waals surface area (Å²) >= 11 is 3.61. The summed E-state index contributed by atoms with van der Waals surface area (Å²) in [7, 11) is 0. The summed E-state index contributed by atoms with van der Waals surface area (Å²) in [6.07, 6.45) is -0.555. The predicted molar refractivity (Wildman–Crippen MR) is 74.5 cm³/mol. The normalized spacial score (nSPS) is 11.5. The van der Waals surface area contributed by atoms with Gasteiger partial charge in [0.05, 0.1) is 4.92 Å². The van der Waals surface area contributed by atoms with Crippen molar-refractivity contribution in [3.05, 3.63) is 39.9 Å². The van der Waals surface area contributed by atoms with Gasteiger partial charge in [0.15, 0.2) is 5.12 Å². The lowest BCUT2D eigenvalue weighted by Crippen LogP contribution is -2.33. The number of amides is 1. The minimum atomic E-state index is -0.662. The molecule has 0 heterocycles. The van der Waals surface area contributed by atoms with E-state index >= 15 is 0 Å². The number of non-ortho nitro benzene ring substituents is 1. The van der Waals surface area contributed by atoms with Gasteiger partial charge in [0.25, 0.3) is 5.69 Å². The molecule has 0 fully saturated rings. The van der Waals surface area contributed by atoms with Crippen molar-refractivity contribution in [1.29, 1.82) is 0 Å². The van der Waals surface area contributed by atoms with Crippen LogP contribution in [-0.2, 0) is 16.1 Å². The van der Waals surface area contributed by atoms with Crippen molar-refractivity contribution < 1.29 is 19.2 Å². The van der Waals surface area contributed by atoms with E-state index < -0.39 is 11.0 Å². The molecule has 0 aliphatic rings. The predicted octanol–water partition coefficient (Wildman–Crippen LogP) is 2.06. The molecule has 0 aromatic heterocycles. The van der Waals surface area contributed by atoms with Crippen molar-refractivity contribution in [2.45, 2.75) is 26.0 Å². The third-order valence-corrected chi connectivity index (χ3v) is 2.54.